The van der Waals surface area contributed by atoms with E-state index in [9.17, 15) is 0 Å². The number of fused-ring (bicyclic) bond motifs is 6. The third-order valence-corrected chi connectivity index (χ3v) is 5.96. The molecule has 4 atom stereocenters. The lowest BCUT2D eigenvalue weighted by molar-refractivity contribution is -0.0718. The summed E-state index contributed by atoms with van der Waals surface area (Å²) in [6, 6.07) is 1.92. The Hall–Kier alpha value is -0.210. The monoisotopic (exact) mass is 332 g/mol. The minimum atomic E-state index is -4.67. The van der Waals surface area contributed by atoms with E-state index in [1.165, 1.54) is 64.7 Å². The van der Waals surface area contributed by atoms with E-state index >= 15 is 0 Å². The van der Waals surface area contributed by atoms with Crippen LogP contribution in [0, 0.1) is 11.8 Å². The summed E-state index contributed by atoms with van der Waals surface area (Å²) in [6.45, 7) is 5.68. The summed E-state index contributed by atoms with van der Waals surface area (Å²) in [5.41, 5.74) is 0. The zero-order valence-electron chi connectivity index (χ0n) is 13.1. The lowest BCUT2D eigenvalue weighted by Crippen LogP contribution is -2.63. The van der Waals surface area contributed by atoms with Gasteiger partial charge in [0.05, 0.1) is 0 Å². The molecule has 1 unspecified atom stereocenters. The van der Waals surface area contributed by atoms with E-state index in [0.717, 1.165) is 23.9 Å². The molecule has 6 nitrogen and oxygen atoms in total. The van der Waals surface area contributed by atoms with E-state index in [-0.39, 0.29) is 0 Å². The third-order valence-electron chi connectivity index (χ3n) is 5.96. The van der Waals surface area contributed by atoms with Gasteiger partial charge in [-0.3, -0.25) is 18.9 Å². The largest absolute Gasteiger partial charge is 0.394 e. The van der Waals surface area contributed by atoms with Crippen molar-refractivity contribution in [1.82, 2.24) is 9.80 Å². The van der Waals surface area contributed by atoms with Crippen LogP contribution in [0.1, 0.15) is 44.9 Å². The van der Waals surface area contributed by atoms with Gasteiger partial charge in [-0.1, -0.05) is 12.8 Å². The van der Waals surface area contributed by atoms with E-state index in [1.807, 2.05) is 0 Å². The maximum absolute atomic E-state index is 8.74. The topological polar surface area (TPSA) is 81.1 Å². The van der Waals surface area contributed by atoms with Crippen molar-refractivity contribution in [1.29, 1.82) is 0 Å². The molecule has 0 spiro atoms. The molecule has 7 heteroatoms. The van der Waals surface area contributed by atoms with Crippen molar-refractivity contribution in [3.05, 3.63) is 0 Å². The van der Waals surface area contributed by atoms with Gasteiger partial charge in [0.25, 0.3) is 0 Å². The summed E-state index contributed by atoms with van der Waals surface area (Å²) in [6.07, 6.45) is 10.5. The number of piperidine rings is 4. The Kier molecular flexibility index (Phi) is 5.09. The maximum Gasteiger partial charge on any atom is 0.394 e. The Balaban J connectivity index is 0.000000254. The molecule has 0 amide bonds. The highest BCUT2D eigenvalue weighted by atomic mass is 32.3. The van der Waals surface area contributed by atoms with Crippen LogP contribution >= 0.6 is 0 Å². The zero-order chi connectivity index (χ0) is 15.7. The first-order valence-corrected chi connectivity index (χ1v) is 9.99. The number of hydrogen-bond donors (Lipinski definition) is 2. The van der Waals surface area contributed by atoms with Crippen LogP contribution in [0.25, 0.3) is 0 Å². The fourth-order valence-corrected chi connectivity index (χ4v) is 5.25. The normalized spacial score (nSPS) is 39.2. The van der Waals surface area contributed by atoms with Crippen molar-refractivity contribution in [2.24, 2.45) is 11.8 Å². The van der Waals surface area contributed by atoms with Gasteiger partial charge in [0.2, 0.25) is 0 Å². The molecule has 4 aliphatic heterocycles. The first-order chi connectivity index (χ1) is 10.4. The summed E-state index contributed by atoms with van der Waals surface area (Å²) < 4.78 is 31.6. The predicted octanol–water partition coefficient (Wildman–Crippen LogP) is 1.69. The van der Waals surface area contributed by atoms with Gasteiger partial charge in [-0.25, -0.2) is 0 Å². The van der Waals surface area contributed by atoms with Crippen LogP contribution < -0.4 is 0 Å². The lowest BCUT2D eigenvalue weighted by Gasteiger charge is -2.57. The highest BCUT2D eigenvalue weighted by Gasteiger charge is 2.46. The maximum atomic E-state index is 8.74. The molecule has 0 radical (unpaired) electrons. The second-order valence-corrected chi connectivity index (χ2v) is 8.22. The number of hydrogen-bond acceptors (Lipinski definition) is 4. The van der Waals surface area contributed by atoms with Crippen LogP contribution in [-0.2, 0) is 10.4 Å². The van der Waals surface area contributed by atoms with Gasteiger partial charge in [-0.2, -0.15) is 8.42 Å². The summed E-state index contributed by atoms with van der Waals surface area (Å²) in [7, 11) is -4.67. The van der Waals surface area contributed by atoms with Crippen molar-refractivity contribution < 1.29 is 17.5 Å². The van der Waals surface area contributed by atoms with E-state index in [0.29, 0.717) is 0 Å². The quantitative estimate of drug-likeness (QED) is 0.657. The Morgan fingerprint density at radius 1 is 0.773 bits per heavy atom. The van der Waals surface area contributed by atoms with E-state index < -0.39 is 10.4 Å². The molecule has 128 valence electrons. The Morgan fingerprint density at radius 3 is 1.59 bits per heavy atom. The van der Waals surface area contributed by atoms with Gasteiger partial charge in [0.15, 0.2) is 0 Å². The summed E-state index contributed by atoms with van der Waals surface area (Å²) >= 11 is 0. The highest BCUT2D eigenvalue weighted by Crippen LogP contribution is 2.42. The minimum absolute atomic E-state index is 0.961. The first kappa shape index (κ1) is 16.6. The molecular weight excluding hydrogens is 304 g/mol. The molecular formula is C15H28N2O4S. The molecule has 4 fully saturated rings. The first-order valence-electron chi connectivity index (χ1n) is 8.60. The zero-order valence-corrected chi connectivity index (χ0v) is 13.9. The summed E-state index contributed by atoms with van der Waals surface area (Å²) in [4.78, 5) is 5.74. The average Bonchev–Trinajstić information content (AvgIpc) is 2.46. The van der Waals surface area contributed by atoms with Crippen LogP contribution in [0.15, 0.2) is 0 Å². The van der Waals surface area contributed by atoms with Crippen molar-refractivity contribution in [3.8, 4) is 0 Å². The molecule has 0 aromatic carbocycles. The predicted molar refractivity (Wildman–Crippen MR) is 84.2 cm³/mol. The second kappa shape index (κ2) is 6.73. The van der Waals surface area contributed by atoms with Crippen LogP contribution in [0.2, 0.25) is 0 Å². The fourth-order valence-electron chi connectivity index (χ4n) is 5.25. The van der Waals surface area contributed by atoms with Crippen LogP contribution in [-0.4, -0.2) is 65.6 Å². The summed E-state index contributed by atoms with van der Waals surface area (Å²) in [5, 5.41) is 0. The smallest absolute Gasteiger partial charge is 0.300 e. The fraction of sp³-hybridized carbons (Fsp3) is 1.00. The van der Waals surface area contributed by atoms with Gasteiger partial charge >= 0.3 is 10.4 Å². The standard InChI is InChI=1S/C15H26N2.H2O4S/c1-3-7-16-11-13-9-12(14(16)5-1)10-17-8-4-2-6-15(13)17;1-5(2,3)4/h12-15H,1-11H2;(H2,1,2,3,4)/t12-,13?,14-,15+;/m0./s1. The van der Waals surface area contributed by atoms with Gasteiger partial charge in [0.1, 0.15) is 0 Å². The third kappa shape index (κ3) is 4.00. The van der Waals surface area contributed by atoms with Crippen molar-refractivity contribution >= 4 is 10.4 Å². The molecule has 0 aromatic heterocycles. The second-order valence-electron chi connectivity index (χ2n) is 7.32. The van der Waals surface area contributed by atoms with E-state index in [2.05, 4.69) is 9.80 Å². The number of nitrogens with zero attached hydrogens (tertiary/aromatic N) is 2. The van der Waals surface area contributed by atoms with E-state index in [1.54, 1.807) is 6.42 Å². The van der Waals surface area contributed by atoms with E-state index in [4.69, 9.17) is 17.5 Å². The van der Waals surface area contributed by atoms with Crippen molar-refractivity contribution in [2.75, 3.05) is 26.2 Å². The lowest BCUT2D eigenvalue weighted by atomic mass is 9.71. The Morgan fingerprint density at radius 2 is 1.18 bits per heavy atom. The molecule has 2 N–H and O–H groups in total. The van der Waals surface area contributed by atoms with Gasteiger partial charge in [0, 0.05) is 25.2 Å². The Bertz CT molecular complexity index is 448. The van der Waals surface area contributed by atoms with Crippen molar-refractivity contribution in [2.45, 2.75) is 57.0 Å². The average molecular weight is 332 g/mol. The van der Waals surface area contributed by atoms with Crippen LogP contribution in [0.4, 0.5) is 0 Å². The van der Waals surface area contributed by atoms with Gasteiger partial charge in [-0.15, -0.1) is 0 Å². The summed E-state index contributed by atoms with van der Waals surface area (Å²) in [5.74, 6) is 2.03. The minimum Gasteiger partial charge on any atom is -0.300 e. The molecule has 2 bridgehead atoms. The molecule has 0 aliphatic carbocycles. The Labute approximate surface area is 133 Å². The molecule has 4 aliphatic rings. The number of rotatable bonds is 0. The molecule has 0 saturated carbocycles. The SMILES string of the molecule is C1CCN2C[C@@H]3CC(CN4CCCC[C@@H]34)[C@H]2C1.O=S(=O)(O)O. The highest BCUT2D eigenvalue weighted by molar-refractivity contribution is 7.79. The van der Waals surface area contributed by atoms with Gasteiger partial charge in [-0.05, 0) is 57.0 Å². The van der Waals surface area contributed by atoms with Crippen molar-refractivity contribution in [3.63, 3.8) is 0 Å². The molecule has 22 heavy (non-hydrogen) atoms. The molecule has 4 heterocycles. The molecule has 0 aromatic rings. The molecule has 4 saturated heterocycles. The molecule has 4 rings (SSSR count). The van der Waals surface area contributed by atoms with Crippen LogP contribution in [0.5, 0.6) is 0 Å². The van der Waals surface area contributed by atoms with Gasteiger partial charge < -0.3 is 0 Å². The van der Waals surface area contributed by atoms with Crippen LogP contribution in [0.3, 0.4) is 0 Å².